The van der Waals surface area contributed by atoms with Crippen molar-refractivity contribution >= 4 is 26.0 Å². The molecule has 1 rings (SSSR count). The molecule has 0 saturated carbocycles. The van der Waals surface area contributed by atoms with Gasteiger partial charge in [0, 0.05) is 10.0 Å². The van der Waals surface area contributed by atoms with E-state index in [0.717, 1.165) is 6.07 Å². The van der Waals surface area contributed by atoms with Gasteiger partial charge in [-0.2, -0.15) is 8.42 Å². The zero-order valence-corrected chi connectivity index (χ0v) is 8.77. The van der Waals surface area contributed by atoms with Crippen LogP contribution in [-0.4, -0.2) is 13.0 Å². The zero-order chi connectivity index (χ0) is 10.1. The summed E-state index contributed by atoms with van der Waals surface area (Å²) in [7, 11) is -4.17. The standard InChI is InChI=1S/C7H6BrFO3S/c8-6-2-1-5(7(9)3-6)4-13(10,11)12/h1-3H,4H2,(H,10,11,12). The fourth-order valence-electron chi connectivity index (χ4n) is 0.835. The molecule has 0 aliphatic heterocycles. The minimum Gasteiger partial charge on any atom is -0.285 e. The van der Waals surface area contributed by atoms with E-state index in [4.69, 9.17) is 4.55 Å². The molecule has 0 saturated heterocycles. The van der Waals surface area contributed by atoms with Crippen LogP contribution in [0, 0.1) is 5.82 Å². The van der Waals surface area contributed by atoms with Gasteiger partial charge in [-0.1, -0.05) is 22.0 Å². The average Bonchev–Trinajstić information content (AvgIpc) is 1.93. The van der Waals surface area contributed by atoms with Gasteiger partial charge < -0.3 is 0 Å². The van der Waals surface area contributed by atoms with Crippen LogP contribution in [0.2, 0.25) is 0 Å². The van der Waals surface area contributed by atoms with Crippen LogP contribution in [0.3, 0.4) is 0 Å². The summed E-state index contributed by atoms with van der Waals surface area (Å²) in [6.07, 6.45) is 0. The molecule has 0 aromatic heterocycles. The molecule has 1 N–H and O–H groups in total. The van der Waals surface area contributed by atoms with Crippen LogP contribution in [0.15, 0.2) is 22.7 Å². The molecular weight excluding hydrogens is 263 g/mol. The Labute approximate surface area is 83.5 Å². The van der Waals surface area contributed by atoms with E-state index in [-0.39, 0.29) is 5.56 Å². The van der Waals surface area contributed by atoms with Gasteiger partial charge in [-0.05, 0) is 12.1 Å². The highest BCUT2D eigenvalue weighted by molar-refractivity contribution is 9.10. The predicted octanol–water partition coefficient (Wildman–Crippen LogP) is 1.98. The molecule has 13 heavy (non-hydrogen) atoms. The lowest BCUT2D eigenvalue weighted by atomic mass is 10.2. The first kappa shape index (κ1) is 10.6. The summed E-state index contributed by atoms with van der Waals surface area (Å²) in [6.45, 7) is 0. The average molecular weight is 269 g/mol. The molecule has 0 atom stereocenters. The highest BCUT2D eigenvalue weighted by Gasteiger charge is 2.10. The second-order valence-corrected chi connectivity index (χ2v) is 4.83. The lowest BCUT2D eigenvalue weighted by molar-refractivity contribution is 0.480. The highest BCUT2D eigenvalue weighted by Crippen LogP contribution is 2.16. The summed E-state index contributed by atoms with van der Waals surface area (Å²) in [5.41, 5.74) is -0.0503. The van der Waals surface area contributed by atoms with Crippen molar-refractivity contribution in [2.24, 2.45) is 0 Å². The normalized spacial score (nSPS) is 11.6. The van der Waals surface area contributed by atoms with Gasteiger partial charge in [0.05, 0.1) is 0 Å². The summed E-state index contributed by atoms with van der Waals surface area (Å²) in [5.74, 6) is -1.36. The molecule has 0 aliphatic rings. The van der Waals surface area contributed by atoms with E-state index < -0.39 is 21.7 Å². The molecule has 0 aliphatic carbocycles. The molecule has 0 unspecified atom stereocenters. The van der Waals surface area contributed by atoms with Crippen molar-refractivity contribution < 1.29 is 17.4 Å². The van der Waals surface area contributed by atoms with Crippen LogP contribution in [0.1, 0.15) is 5.56 Å². The topological polar surface area (TPSA) is 54.4 Å². The quantitative estimate of drug-likeness (QED) is 0.835. The third kappa shape index (κ3) is 3.41. The number of rotatable bonds is 2. The Balaban J connectivity index is 3.04. The molecule has 72 valence electrons. The maximum absolute atomic E-state index is 13.0. The van der Waals surface area contributed by atoms with Crippen LogP contribution in [0.4, 0.5) is 4.39 Å². The fraction of sp³-hybridized carbons (Fsp3) is 0.143. The number of hydrogen-bond acceptors (Lipinski definition) is 2. The molecule has 1 aromatic rings. The number of halogens is 2. The van der Waals surface area contributed by atoms with Gasteiger partial charge in [-0.25, -0.2) is 4.39 Å². The summed E-state index contributed by atoms with van der Waals surface area (Å²) in [6, 6.07) is 3.94. The Morgan fingerprint density at radius 1 is 1.46 bits per heavy atom. The molecule has 6 heteroatoms. The van der Waals surface area contributed by atoms with Crippen LogP contribution >= 0.6 is 15.9 Å². The van der Waals surface area contributed by atoms with Gasteiger partial charge in [0.25, 0.3) is 10.1 Å². The van der Waals surface area contributed by atoms with Gasteiger partial charge in [0.2, 0.25) is 0 Å². The van der Waals surface area contributed by atoms with E-state index in [1.807, 2.05) is 0 Å². The van der Waals surface area contributed by atoms with Crippen molar-refractivity contribution in [3.05, 3.63) is 34.1 Å². The third-order valence-electron chi connectivity index (χ3n) is 1.35. The van der Waals surface area contributed by atoms with E-state index in [0.29, 0.717) is 4.47 Å². The van der Waals surface area contributed by atoms with E-state index in [1.54, 1.807) is 0 Å². The van der Waals surface area contributed by atoms with Gasteiger partial charge in [-0.15, -0.1) is 0 Å². The van der Waals surface area contributed by atoms with E-state index in [2.05, 4.69) is 15.9 Å². The molecular formula is C7H6BrFO3S. The maximum atomic E-state index is 13.0. The number of benzene rings is 1. The summed E-state index contributed by atoms with van der Waals surface area (Å²) < 4.78 is 42.8. The zero-order valence-electron chi connectivity index (χ0n) is 6.37. The summed E-state index contributed by atoms with van der Waals surface area (Å²) in [4.78, 5) is 0. The largest absolute Gasteiger partial charge is 0.285 e. The lowest BCUT2D eigenvalue weighted by Gasteiger charge is -2.00. The Morgan fingerprint density at radius 3 is 2.54 bits per heavy atom. The molecule has 0 bridgehead atoms. The number of hydrogen-bond donors (Lipinski definition) is 1. The molecule has 0 spiro atoms. The van der Waals surface area contributed by atoms with Gasteiger partial charge >= 0.3 is 0 Å². The van der Waals surface area contributed by atoms with Crippen LogP contribution < -0.4 is 0 Å². The minimum atomic E-state index is -4.17. The molecule has 0 radical (unpaired) electrons. The first-order valence-corrected chi connectivity index (χ1v) is 5.68. The first-order chi connectivity index (χ1) is 5.88. The smallest absolute Gasteiger partial charge is 0.269 e. The van der Waals surface area contributed by atoms with Crippen LogP contribution in [0.5, 0.6) is 0 Å². The van der Waals surface area contributed by atoms with Crippen molar-refractivity contribution in [1.82, 2.24) is 0 Å². The Bertz CT molecular complexity index is 416. The van der Waals surface area contributed by atoms with Gasteiger partial charge in [-0.3, -0.25) is 4.55 Å². The van der Waals surface area contributed by atoms with Crippen LogP contribution in [-0.2, 0) is 15.9 Å². The molecule has 0 fully saturated rings. The van der Waals surface area contributed by atoms with Gasteiger partial charge in [0.1, 0.15) is 11.6 Å². The second-order valence-electron chi connectivity index (χ2n) is 2.46. The molecule has 0 amide bonds. The fourth-order valence-corrected chi connectivity index (χ4v) is 1.80. The highest BCUT2D eigenvalue weighted by atomic mass is 79.9. The molecule has 0 heterocycles. The first-order valence-electron chi connectivity index (χ1n) is 3.27. The van der Waals surface area contributed by atoms with Crippen molar-refractivity contribution in [2.45, 2.75) is 5.75 Å². The van der Waals surface area contributed by atoms with Crippen molar-refractivity contribution in [3.63, 3.8) is 0 Å². The molecule has 1 aromatic carbocycles. The van der Waals surface area contributed by atoms with Crippen molar-refractivity contribution in [1.29, 1.82) is 0 Å². The summed E-state index contributed by atoms with van der Waals surface area (Å²) in [5, 5.41) is 0. The molecule has 3 nitrogen and oxygen atoms in total. The summed E-state index contributed by atoms with van der Waals surface area (Å²) >= 11 is 3.02. The van der Waals surface area contributed by atoms with Crippen molar-refractivity contribution in [2.75, 3.05) is 0 Å². The monoisotopic (exact) mass is 268 g/mol. The lowest BCUT2D eigenvalue weighted by Crippen LogP contribution is -2.03. The Hall–Kier alpha value is -0.460. The van der Waals surface area contributed by atoms with Crippen molar-refractivity contribution in [3.8, 4) is 0 Å². The SMILES string of the molecule is O=S(=O)(O)Cc1ccc(Br)cc1F. The van der Waals surface area contributed by atoms with E-state index >= 15 is 0 Å². The van der Waals surface area contributed by atoms with E-state index in [9.17, 15) is 12.8 Å². The third-order valence-corrected chi connectivity index (χ3v) is 2.52. The van der Waals surface area contributed by atoms with Crippen LogP contribution in [0.25, 0.3) is 0 Å². The Morgan fingerprint density at radius 2 is 2.08 bits per heavy atom. The minimum absolute atomic E-state index is 0.0503. The maximum Gasteiger partial charge on any atom is 0.269 e. The Kier molecular flexibility index (Phi) is 3.05. The van der Waals surface area contributed by atoms with Gasteiger partial charge in [0.15, 0.2) is 0 Å². The predicted molar refractivity (Wildman–Crippen MR) is 49.4 cm³/mol. The second kappa shape index (κ2) is 3.73. The van der Waals surface area contributed by atoms with E-state index in [1.165, 1.54) is 12.1 Å².